The van der Waals surface area contributed by atoms with E-state index in [1.165, 1.54) is 0 Å². The molecule has 0 saturated carbocycles. The van der Waals surface area contributed by atoms with Gasteiger partial charge >= 0.3 is 17.1 Å². The largest absolute Gasteiger partial charge is 1.00 e. The molecular weight excluding hydrogens is 150 g/mol. The Morgan fingerprint density at radius 3 is 1.25 bits per heavy atom. The molecule has 30 valence electrons. The summed E-state index contributed by atoms with van der Waals surface area (Å²) in [6.45, 7) is 0. The van der Waals surface area contributed by atoms with Crippen molar-refractivity contribution >= 4 is 23.7 Å². The van der Waals surface area contributed by atoms with Crippen LogP contribution >= 0.6 is 23.7 Å². The molecule has 0 unspecified atom stereocenters. The zero-order valence-electron chi connectivity index (χ0n) is 1.47. The van der Waals surface area contributed by atoms with Crippen LogP contribution in [0.2, 0.25) is 0 Å². The first-order valence-electron chi connectivity index (χ1n) is 0.309. The van der Waals surface area contributed by atoms with Crippen molar-refractivity contribution in [3.05, 3.63) is 0 Å². The van der Waals surface area contributed by atoms with Gasteiger partial charge in [0, 0.05) is 0 Å². The molecular formula is Cl2CuO+. The molecule has 0 saturated heterocycles. The molecule has 0 fully saturated rings. The summed E-state index contributed by atoms with van der Waals surface area (Å²) in [5, 5.41) is 0. The average Bonchev–Trinajstić information content (AvgIpc) is 0.918. The van der Waals surface area contributed by atoms with Gasteiger partial charge in [-0.2, -0.15) is 3.84 Å². The molecule has 0 aliphatic carbocycles. The van der Waals surface area contributed by atoms with E-state index in [0.717, 1.165) is 0 Å². The summed E-state index contributed by atoms with van der Waals surface area (Å²) in [7, 11) is 0. The summed E-state index contributed by atoms with van der Waals surface area (Å²) in [4.78, 5) is 0. The minimum absolute atomic E-state index is 0. The van der Waals surface area contributed by atoms with E-state index in [1.54, 1.807) is 0 Å². The van der Waals surface area contributed by atoms with E-state index < -0.39 is 0 Å². The Hall–Kier alpha value is 1.06. The van der Waals surface area contributed by atoms with Crippen LogP contribution in [0.1, 0.15) is 0 Å². The first-order chi connectivity index (χ1) is 1.41. The van der Waals surface area contributed by atoms with Gasteiger partial charge in [0.2, 0.25) is 0 Å². The predicted molar refractivity (Wildman–Crippen MR) is 12.8 cm³/mol. The Bertz CT molecular complexity index is 6.00. The van der Waals surface area contributed by atoms with Gasteiger partial charge in [0.15, 0.2) is 0 Å². The van der Waals surface area contributed by atoms with Crippen molar-refractivity contribution in [1.82, 2.24) is 0 Å². The van der Waals surface area contributed by atoms with Crippen LogP contribution < -0.4 is 0 Å². The van der Waals surface area contributed by atoms with Gasteiger partial charge in [0.1, 0.15) is 0 Å². The van der Waals surface area contributed by atoms with Crippen LogP contribution in [0.3, 0.4) is 0 Å². The van der Waals surface area contributed by atoms with Gasteiger partial charge in [-0.1, -0.05) is 0 Å². The fraction of sp³-hybridized carbons (Fsp3) is 0. The molecule has 0 radical (unpaired) electrons. The number of halogens is 2. The van der Waals surface area contributed by atoms with E-state index in [2.05, 4.69) is 27.6 Å². The van der Waals surface area contributed by atoms with Crippen molar-refractivity contribution in [2.45, 2.75) is 0 Å². The number of hydrogen-bond donors (Lipinski definition) is 0. The van der Waals surface area contributed by atoms with Crippen LogP contribution in [0, 0.1) is 0 Å². The molecule has 0 aromatic heterocycles. The van der Waals surface area contributed by atoms with Gasteiger partial charge in [-0.15, -0.1) is 0 Å². The third kappa shape index (κ3) is 11.6. The smallest absolute Gasteiger partial charge is 0.166 e. The van der Waals surface area contributed by atoms with E-state index in [4.69, 9.17) is 0 Å². The Morgan fingerprint density at radius 2 is 1.25 bits per heavy atom. The van der Waals surface area contributed by atoms with Crippen LogP contribution in [-0.4, -0.2) is 0 Å². The third-order valence-corrected chi connectivity index (χ3v) is 0. The second kappa shape index (κ2) is 8.96. The quantitative estimate of drug-likeness (QED) is 0.473. The van der Waals surface area contributed by atoms with E-state index in [0.29, 0.717) is 0 Å². The maximum Gasteiger partial charge on any atom is 1.00 e. The van der Waals surface area contributed by atoms with E-state index in [9.17, 15) is 0 Å². The summed E-state index contributed by atoms with van der Waals surface area (Å²) in [6, 6.07) is 0. The van der Waals surface area contributed by atoms with Crippen molar-refractivity contribution < 1.29 is 20.9 Å². The van der Waals surface area contributed by atoms with Crippen LogP contribution in [0.5, 0.6) is 0 Å². The fourth-order valence-electron chi connectivity index (χ4n) is 0. The average molecular weight is 150 g/mol. The second-order valence-electron chi connectivity index (χ2n) is 0.0583. The van der Waals surface area contributed by atoms with Crippen LogP contribution in [-0.2, 0) is 20.9 Å². The van der Waals surface area contributed by atoms with Crippen molar-refractivity contribution in [2.24, 2.45) is 0 Å². The zero-order chi connectivity index (χ0) is 2.71. The Balaban J connectivity index is 0. The molecule has 0 amide bonds. The molecule has 4 heavy (non-hydrogen) atoms. The molecule has 0 N–H and O–H groups in total. The first kappa shape index (κ1) is 8.91. The summed E-state index contributed by atoms with van der Waals surface area (Å²) in [5.41, 5.74) is 0. The standard InChI is InChI=1S/Cl2O.Cu/c1-3-2;/q;+1. The number of hydrogen-bond acceptors (Lipinski definition) is 1. The summed E-state index contributed by atoms with van der Waals surface area (Å²) < 4.78 is 3.19. The van der Waals surface area contributed by atoms with Gasteiger partial charge in [-0.05, 0) is 0 Å². The minimum Gasteiger partial charge on any atom is -0.166 e. The summed E-state index contributed by atoms with van der Waals surface area (Å²) >= 11 is 8.53. The topological polar surface area (TPSA) is 9.23 Å². The van der Waals surface area contributed by atoms with Crippen LogP contribution in [0.15, 0.2) is 0 Å². The van der Waals surface area contributed by atoms with E-state index in [-0.39, 0.29) is 17.1 Å². The molecule has 0 aliphatic heterocycles. The Labute approximate surface area is 45.0 Å². The molecule has 0 bridgehead atoms. The SMILES string of the molecule is ClOCl.[Cu+]. The molecule has 0 aromatic rings. The molecule has 0 spiro atoms. The van der Waals surface area contributed by atoms with Gasteiger partial charge in [0.25, 0.3) is 0 Å². The van der Waals surface area contributed by atoms with Gasteiger partial charge in [0.05, 0.1) is 23.7 Å². The maximum atomic E-state index is 4.26. The summed E-state index contributed by atoms with van der Waals surface area (Å²) in [6.07, 6.45) is 0. The van der Waals surface area contributed by atoms with Gasteiger partial charge < -0.3 is 0 Å². The first-order valence-corrected chi connectivity index (χ1v) is 0.926. The molecule has 4 heteroatoms. The maximum absolute atomic E-state index is 4.26. The van der Waals surface area contributed by atoms with Crippen LogP contribution in [0.25, 0.3) is 0 Å². The molecule has 0 aromatic carbocycles. The molecule has 0 atom stereocenters. The Morgan fingerprint density at radius 1 is 1.25 bits per heavy atom. The second-order valence-corrected chi connectivity index (χ2v) is 0.525. The minimum atomic E-state index is 0. The normalized spacial score (nSPS) is 4.50. The van der Waals surface area contributed by atoms with Crippen molar-refractivity contribution in [3.8, 4) is 0 Å². The van der Waals surface area contributed by atoms with Crippen molar-refractivity contribution in [3.63, 3.8) is 0 Å². The molecule has 1 nitrogen and oxygen atoms in total. The zero-order valence-corrected chi connectivity index (χ0v) is 3.92. The van der Waals surface area contributed by atoms with Gasteiger partial charge in [-0.3, -0.25) is 0 Å². The monoisotopic (exact) mass is 149 g/mol. The number of rotatable bonds is 0. The van der Waals surface area contributed by atoms with Crippen molar-refractivity contribution in [2.75, 3.05) is 0 Å². The third-order valence-electron chi connectivity index (χ3n) is 0. The predicted octanol–water partition coefficient (Wildman–Crippen LogP) is 1.31. The molecule has 0 rings (SSSR count). The van der Waals surface area contributed by atoms with Crippen LogP contribution in [0.4, 0.5) is 0 Å². The molecule has 0 heterocycles. The summed E-state index contributed by atoms with van der Waals surface area (Å²) in [5.74, 6) is 0. The fourth-order valence-corrected chi connectivity index (χ4v) is 0. The van der Waals surface area contributed by atoms with E-state index >= 15 is 0 Å². The van der Waals surface area contributed by atoms with E-state index in [1.807, 2.05) is 0 Å². The van der Waals surface area contributed by atoms with Gasteiger partial charge in [-0.25, -0.2) is 0 Å². The molecule has 0 aliphatic rings. The Kier molecular flexibility index (Phi) is 19.9. The van der Waals surface area contributed by atoms with Crippen molar-refractivity contribution in [1.29, 1.82) is 0 Å².